The van der Waals surface area contributed by atoms with Gasteiger partial charge in [-0.25, -0.2) is 9.59 Å². The number of carbonyl (C=O) groups is 2. The summed E-state index contributed by atoms with van der Waals surface area (Å²) >= 11 is 0. The van der Waals surface area contributed by atoms with Gasteiger partial charge in [0, 0.05) is 0 Å². The summed E-state index contributed by atoms with van der Waals surface area (Å²) in [5, 5.41) is 18.4. The van der Waals surface area contributed by atoms with E-state index in [2.05, 4.69) is 0 Å². The van der Waals surface area contributed by atoms with Gasteiger partial charge in [-0.15, -0.1) is 5.06 Å². The van der Waals surface area contributed by atoms with Crippen LogP contribution in [0.15, 0.2) is 0 Å². The number of nitrogens with zero attached hydrogens (tertiary/aromatic N) is 1. The fourth-order valence-corrected chi connectivity index (χ4v) is 0.889. The number of ether oxygens (including phenoxy) is 1. The highest BCUT2D eigenvalue weighted by Gasteiger charge is 2.35. The third-order valence-electron chi connectivity index (χ3n) is 1.39. The molecule has 0 aromatic heterocycles. The van der Waals surface area contributed by atoms with Crippen molar-refractivity contribution < 1.29 is 29.4 Å². The minimum Gasteiger partial charge on any atom is -0.478 e. The number of aliphatic carboxylic acids is 1. The van der Waals surface area contributed by atoms with Crippen molar-refractivity contribution in [2.24, 2.45) is 0 Å². The van der Waals surface area contributed by atoms with Gasteiger partial charge < -0.3 is 14.9 Å². The van der Waals surface area contributed by atoms with E-state index in [-0.39, 0.29) is 0 Å². The van der Waals surface area contributed by atoms with Gasteiger partial charge in [0.05, 0.1) is 5.60 Å². The summed E-state index contributed by atoms with van der Waals surface area (Å²) < 4.78 is 4.96. The Morgan fingerprint density at radius 2 is 1.50 bits per heavy atom. The van der Waals surface area contributed by atoms with Crippen molar-refractivity contribution in [1.82, 2.24) is 5.06 Å². The van der Waals surface area contributed by atoms with Gasteiger partial charge in [-0.3, -0.25) is 4.84 Å². The molecule has 1 amide bonds. The van der Waals surface area contributed by atoms with Crippen LogP contribution in [0.5, 0.6) is 0 Å². The van der Waals surface area contributed by atoms with Crippen molar-refractivity contribution in [1.29, 1.82) is 0 Å². The van der Waals surface area contributed by atoms with Crippen LogP contribution in [0.25, 0.3) is 0 Å². The first-order valence-corrected chi connectivity index (χ1v) is 5.46. The number of carboxylic acid groups (broad SMARTS) is 1. The second kappa shape index (κ2) is 5.53. The molecule has 0 bridgehead atoms. The first-order valence-electron chi connectivity index (χ1n) is 5.46. The molecular formula is C11H21NO6. The van der Waals surface area contributed by atoms with Crippen LogP contribution >= 0.6 is 0 Å². The Bertz CT molecular complexity index is 314. The van der Waals surface area contributed by atoms with Gasteiger partial charge >= 0.3 is 12.1 Å². The van der Waals surface area contributed by atoms with Crippen molar-refractivity contribution in [3.05, 3.63) is 0 Å². The Morgan fingerprint density at radius 1 is 1.06 bits per heavy atom. The molecule has 106 valence electrons. The van der Waals surface area contributed by atoms with Crippen LogP contribution in [-0.2, 0) is 14.4 Å². The van der Waals surface area contributed by atoms with E-state index in [4.69, 9.17) is 14.7 Å². The van der Waals surface area contributed by atoms with Crippen molar-refractivity contribution in [2.45, 2.75) is 59.0 Å². The third-order valence-corrected chi connectivity index (χ3v) is 1.39. The summed E-state index contributed by atoms with van der Waals surface area (Å²) in [4.78, 5) is 27.6. The molecule has 0 spiro atoms. The van der Waals surface area contributed by atoms with E-state index in [9.17, 15) is 14.7 Å². The van der Waals surface area contributed by atoms with Crippen LogP contribution in [0.4, 0.5) is 4.79 Å². The number of aliphatic hydroxyl groups excluding tert-OH is 1. The average molecular weight is 263 g/mol. The third kappa shape index (κ3) is 6.41. The summed E-state index contributed by atoms with van der Waals surface area (Å²) in [7, 11) is 0. The number of hydrogen-bond donors (Lipinski definition) is 2. The molecule has 2 N–H and O–H groups in total. The van der Waals surface area contributed by atoms with Gasteiger partial charge in [0.1, 0.15) is 5.60 Å². The van der Waals surface area contributed by atoms with Gasteiger partial charge in [-0.1, -0.05) is 0 Å². The van der Waals surface area contributed by atoms with Crippen LogP contribution < -0.4 is 0 Å². The molecule has 18 heavy (non-hydrogen) atoms. The number of hydrogen-bond acceptors (Lipinski definition) is 5. The predicted molar refractivity (Wildman–Crippen MR) is 62.6 cm³/mol. The highest BCUT2D eigenvalue weighted by atomic mass is 16.8. The molecule has 0 aromatic carbocycles. The number of rotatable bonds is 3. The zero-order chi connectivity index (χ0) is 14.7. The molecule has 0 fully saturated rings. The van der Waals surface area contributed by atoms with Gasteiger partial charge in [0.15, 0.2) is 0 Å². The monoisotopic (exact) mass is 263 g/mol. The summed E-state index contributed by atoms with van der Waals surface area (Å²) in [6.45, 7) is 9.69. The molecule has 1 atom stereocenters. The van der Waals surface area contributed by atoms with E-state index in [1.807, 2.05) is 0 Å². The highest BCUT2D eigenvalue weighted by Crippen LogP contribution is 2.17. The largest absolute Gasteiger partial charge is 0.478 e. The number of carboxylic acids is 1. The van der Waals surface area contributed by atoms with E-state index >= 15 is 0 Å². The fraction of sp³-hybridized carbons (Fsp3) is 0.818. The van der Waals surface area contributed by atoms with Crippen molar-refractivity contribution >= 4 is 12.1 Å². The maximum Gasteiger partial charge on any atom is 0.437 e. The normalized spacial score (nSPS) is 13.9. The van der Waals surface area contributed by atoms with Gasteiger partial charge in [-0.2, -0.15) is 0 Å². The van der Waals surface area contributed by atoms with E-state index in [1.54, 1.807) is 41.5 Å². The Labute approximate surface area is 106 Å². The number of aliphatic hydroxyl groups is 1. The minimum atomic E-state index is -2.13. The van der Waals surface area contributed by atoms with Crippen LogP contribution in [0, 0.1) is 0 Å². The molecule has 0 radical (unpaired) electrons. The van der Waals surface area contributed by atoms with Gasteiger partial charge in [0.2, 0.25) is 0 Å². The minimum absolute atomic E-state index is 0.313. The Hall–Kier alpha value is -1.34. The maximum atomic E-state index is 11.7. The molecule has 0 aliphatic heterocycles. The second-order valence-electron chi connectivity index (χ2n) is 5.72. The summed E-state index contributed by atoms with van der Waals surface area (Å²) in [6, 6.07) is 0. The first kappa shape index (κ1) is 16.7. The van der Waals surface area contributed by atoms with Crippen LogP contribution in [0.2, 0.25) is 0 Å². The average Bonchev–Trinajstić information content (AvgIpc) is 2.08. The topological polar surface area (TPSA) is 96.3 Å². The maximum absolute atomic E-state index is 11.7. The van der Waals surface area contributed by atoms with E-state index in [0.717, 1.165) is 0 Å². The van der Waals surface area contributed by atoms with Crippen molar-refractivity contribution in [3.8, 4) is 0 Å². The van der Waals surface area contributed by atoms with Crippen molar-refractivity contribution in [3.63, 3.8) is 0 Å². The van der Waals surface area contributed by atoms with Crippen LogP contribution in [0.3, 0.4) is 0 Å². The molecule has 0 rings (SSSR count). The van der Waals surface area contributed by atoms with E-state index < -0.39 is 29.5 Å². The number of carbonyl (C=O) groups excluding carboxylic acids is 1. The van der Waals surface area contributed by atoms with Crippen molar-refractivity contribution in [2.75, 3.05) is 0 Å². The lowest BCUT2D eigenvalue weighted by atomic mass is 10.2. The molecule has 0 aliphatic rings. The Kier molecular flexibility index (Phi) is 5.12. The summed E-state index contributed by atoms with van der Waals surface area (Å²) in [6.07, 6.45) is -3.19. The van der Waals surface area contributed by atoms with Crippen LogP contribution in [0.1, 0.15) is 41.5 Å². The zero-order valence-corrected chi connectivity index (χ0v) is 11.6. The van der Waals surface area contributed by atoms with Gasteiger partial charge in [-0.05, 0) is 41.5 Å². The van der Waals surface area contributed by atoms with E-state index in [1.165, 1.54) is 0 Å². The smallest absolute Gasteiger partial charge is 0.437 e. The molecule has 1 unspecified atom stereocenters. The lowest BCUT2D eigenvalue weighted by molar-refractivity contribution is -0.265. The SMILES string of the molecule is CC(C)(C)OC(=O)N(OC(C)(C)C)C(O)C(=O)O. The Morgan fingerprint density at radius 3 is 1.78 bits per heavy atom. The summed E-state index contributed by atoms with van der Waals surface area (Å²) in [5.41, 5.74) is -1.68. The molecule has 0 saturated carbocycles. The highest BCUT2D eigenvalue weighted by molar-refractivity contribution is 5.77. The number of amides is 1. The molecular weight excluding hydrogens is 242 g/mol. The standard InChI is InChI=1S/C11H21NO6/c1-10(2,3)17-9(16)12(7(13)8(14)15)18-11(4,5)6/h7,13H,1-6H3,(H,14,15). The first-order chi connectivity index (χ1) is 7.83. The molecule has 0 aromatic rings. The fourth-order valence-electron chi connectivity index (χ4n) is 0.889. The molecule has 7 heteroatoms. The molecule has 0 aliphatic carbocycles. The zero-order valence-electron chi connectivity index (χ0n) is 11.6. The molecule has 0 saturated heterocycles. The quantitative estimate of drug-likeness (QED) is 0.589. The summed E-state index contributed by atoms with van der Waals surface area (Å²) in [5.74, 6) is -1.61. The second-order valence-corrected chi connectivity index (χ2v) is 5.72. The van der Waals surface area contributed by atoms with Crippen LogP contribution in [-0.4, -0.2) is 44.8 Å². The number of hydroxylamine groups is 2. The lowest BCUT2D eigenvalue weighted by Crippen LogP contribution is -2.50. The predicted octanol–water partition coefficient (Wildman–Crippen LogP) is 1.36. The van der Waals surface area contributed by atoms with Gasteiger partial charge in [0.25, 0.3) is 6.23 Å². The Balaban J connectivity index is 4.98. The lowest BCUT2D eigenvalue weighted by Gasteiger charge is -2.32. The molecule has 7 nitrogen and oxygen atoms in total. The molecule has 0 heterocycles. The van der Waals surface area contributed by atoms with E-state index in [0.29, 0.717) is 5.06 Å².